The van der Waals surface area contributed by atoms with E-state index in [1.54, 1.807) is 0 Å². The Kier molecular flexibility index (Phi) is 6.86. The molecule has 0 atom stereocenters. The lowest BCUT2D eigenvalue weighted by atomic mass is 9.81. The molecule has 0 N–H and O–H groups in total. The van der Waals surface area contributed by atoms with Gasteiger partial charge in [0.15, 0.2) is 11.8 Å². The second kappa shape index (κ2) is 7.46. The number of carbonyl (C=O) groups is 2. The fourth-order valence-electron chi connectivity index (χ4n) is 2.03. The summed E-state index contributed by atoms with van der Waals surface area (Å²) in [7, 11) is 0. The highest BCUT2D eigenvalue weighted by molar-refractivity contribution is 5.91. The van der Waals surface area contributed by atoms with E-state index in [4.69, 9.17) is 0 Å². The van der Waals surface area contributed by atoms with Crippen LogP contribution in [0.4, 0.5) is 52.7 Å². The Morgan fingerprint density at radius 2 is 0.889 bits per heavy atom. The summed E-state index contributed by atoms with van der Waals surface area (Å²) in [6.07, 6.45) is -30.2. The molecule has 4 nitrogen and oxygen atoms in total. The van der Waals surface area contributed by atoms with Gasteiger partial charge in [0.1, 0.15) is 0 Å². The van der Waals surface area contributed by atoms with Crippen LogP contribution in [0.25, 0.3) is 0 Å². The molecule has 0 saturated carbocycles. The van der Waals surface area contributed by atoms with Crippen LogP contribution in [0.15, 0.2) is 11.1 Å². The molecule has 0 aliphatic heterocycles. The van der Waals surface area contributed by atoms with E-state index in [1.165, 1.54) is 0 Å². The second-order valence-corrected chi connectivity index (χ2v) is 4.80. The van der Waals surface area contributed by atoms with Crippen molar-refractivity contribution in [2.75, 3.05) is 0 Å². The average Bonchev–Trinajstić information content (AvgIpc) is 2.27. The highest BCUT2D eigenvalue weighted by Gasteiger charge is 2.68. The first-order valence-corrected chi connectivity index (χ1v) is 6.02. The van der Waals surface area contributed by atoms with Crippen molar-refractivity contribution in [1.29, 1.82) is 0 Å². The van der Waals surface area contributed by atoms with E-state index < -0.39 is 66.0 Å². The van der Waals surface area contributed by atoms with Crippen LogP contribution < -0.4 is 10.2 Å². The van der Waals surface area contributed by atoms with Crippen LogP contribution in [0.3, 0.4) is 0 Å². The molecule has 0 bridgehead atoms. The van der Waals surface area contributed by atoms with E-state index >= 15 is 0 Å². The predicted molar refractivity (Wildman–Crippen MR) is 52.9 cm³/mol. The molecule has 16 heteroatoms. The SMILES string of the molecule is O=C([O-])CC(C(=O)[O-])=C(C(C(F)(F)F)C(F)(F)F)C(C(F)(F)F)C(F)(F)F. The van der Waals surface area contributed by atoms with Gasteiger partial charge in [-0.2, -0.15) is 52.7 Å². The standard InChI is InChI=1S/C11H6F12O4/c12-8(13,14)5(9(15,16)17)4(2(7(26)27)1-3(24)25)6(10(18,19)20)11(21,22)23/h5-6H,1H2,(H,24,25)(H,26,27)/p-2. The molecule has 0 rings (SSSR count). The number of hydrogen-bond donors (Lipinski definition) is 0. The summed E-state index contributed by atoms with van der Waals surface area (Å²) < 4.78 is 152. The van der Waals surface area contributed by atoms with E-state index in [9.17, 15) is 72.5 Å². The molecule has 0 aliphatic carbocycles. The number of aliphatic carboxylic acids is 2. The van der Waals surface area contributed by atoms with Crippen LogP contribution >= 0.6 is 0 Å². The first-order chi connectivity index (χ1) is 11.6. The fourth-order valence-corrected chi connectivity index (χ4v) is 2.03. The third-order valence-corrected chi connectivity index (χ3v) is 2.85. The van der Waals surface area contributed by atoms with Crippen molar-refractivity contribution < 1.29 is 72.5 Å². The molecular formula is C11H4F12O4-2. The van der Waals surface area contributed by atoms with Gasteiger partial charge in [-0.1, -0.05) is 0 Å². The summed E-state index contributed by atoms with van der Waals surface area (Å²) in [6.45, 7) is 0. The van der Waals surface area contributed by atoms with Crippen LogP contribution in [-0.2, 0) is 9.59 Å². The summed E-state index contributed by atoms with van der Waals surface area (Å²) in [5, 5.41) is 21.0. The normalized spacial score (nSPS) is 13.9. The third-order valence-electron chi connectivity index (χ3n) is 2.85. The lowest BCUT2D eigenvalue weighted by Crippen LogP contribution is -2.49. The topological polar surface area (TPSA) is 80.3 Å². The van der Waals surface area contributed by atoms with Gasteiger partial charge in [-0.25, -0.2) is 0 Å². The smallest absolute Gasteiger partial charge is 0.404 e. The molecule has 0 radical (unpaired) electrons. The number of halogens is 12. The highest BCUT2D eigenvalue weighted by atomic mass is 19.4. The number of carbonyl (C=O) groups excluding carboxylic acids is 2. The quantitative estimate of drug-likeness (QED) is 0.493. The van der Waals surface area contributed by atoms with Gasteiger partial charge in [0.25, 0.3) is 0 Å². The number of carboxylic acid groups (broad SMARTS) is 2. The van der Waals surface area contributed by atoms with Crippen molar-refractivity contribution in [1.82, 2.24) is 0 Å². The number of alkyl halides is 12. The molecule has 0 amide bonds. The van der Waals surface area contributed by atoms with E-state index in [-0.39, 0.29) is 0 Å². The van der Waals surface area contributed by atoms with E-state index in [0.29, 0.717) is 0 Å². The van der Waals surface area contributed by atoms with Gasteiger partial charge < -0.3 is 19.8 Å². The van der Waals surface area contributed by atoms with Crippen molar-refractivity contribution >= 4 is 11.9 Å². The van der Waals surface area contributed by atoms with Gasteiger partial charge in [-0.15, -0.1) is 0 Å². The predicted octanol–water partition coefficient (Wildman–Crippen LogP) is 1.65. The Morgan fingerprint density at radius 1 is 0.630 bits per heavy atom. The van der Waals surface area contributed by atoms with Crippen molar-refractivity contribution in [2.45, 2.75) is 31.1 Å². The van der Waals surface area contributed by atoms with Crippen molar-refractivity contribution in [3.8, 4) is 0 Å². The first-order valence-electron chi connectivity index (χ1n) is 6.02. The zero-order valence-corrected chi connectivity index (χ0v) is 12.0. The molecule has 0 aliphatic rings. The molecule has 0 heterocycles. The van der Waals surface area contributed by atoms with Crippen molar-refractivity contribution in [3.63, 3.8) is 0 Å². The minimum absolute atomic E-state index is 2.64. The van der Waals surface area contributed by atoms with Crippen molar-refractivity contribution in [3.05, 3.63) is 11.1 Å². The van der Waals surface area contributed by atoms with Crippen LogP contribution in [0.1, 0.15) is 6.42 Å². The van der Waals surface area contributed by atoms with Gasteiger partial charge in [0, 0.05) is 12.4 Å². The minimum atomic E-state index is -6.89. The number of hydrogen-bond acceptors (Lipinski definition) is 4. The zero-order chi connectivity index (χ0) is 22.2. The maximum absolute atomic E-state index is 12.7. The van der Waals surface area contributed by atoms with E-state index in [1.807, 2.05) is 0 Å². The van der Waals surface area contributed by atoms with Gasteiger partial charge in [-0.05, 0) is 11.1 Å². The summed E-state index contributed by atoms with van der Waals surface area (Å²) in [5.74, 6) is -17.5. The zero-order valence-electron chi connectivity index (χ0n) is 12.0. The fraction of sp³-hybridized carbons (Fsp3) is 0.636. The molecule has 0 aromatic heterocycles. The Morgan fingerprint density at radius 3 is 1.04 bits per heavy atom. The summed E-state index contributed by atoms with van der Waals surface area (Å²) >= 11 is 0. The highest BCUT2D eigenvalue weighted by Crippen LogP contribution is 2.54. The maximum atomic E-state index is 12.7. The lowest BCUT2D eigenvalue weighted by Gasteiger charge is -2.35. The number of allylic oxidation sites excluding steroid dienone is 1. The number of carboxylic acids is 2. The first kappa shape index (κ1) is 24.8. The van der Waals surface area contributed by atoms with Gasteiger partial charge in [0.05, 0.1) is 5.97 Å². The minimum Gasteiger partial charge on any atom is -0.550 e. The van der Waals surface area contributed by atoms with Crippen LogP contribution in [-0.4, -0.2) is 36.6 Å². The number of rotatable bonds is 5. The molecule has 0 spiro atoms. The summed E-state index contributed by atoms with van der Waals surface area (Å²) in [4.78, 5) is 21.0. The molecule has 0 aromatic rings. The van der Waals surface area contributed by atoms with Gasteiger partial charge in [-0.3, -0.25) is 0 Å². The van der Waals surface area contributed by atoms with Crippen molar-refractivity contribution in [2.24, 2.45) is 11.8 Å². The summed E-state index contributed by atoms with van der Waals surface area (Å²) in [6, 6.07) is 0. The Hall–Kier alpha value is -2.16. The molecule has 0 saturated heterocycles. The second-order valence-electron chi connectivity index (χ2n) is 4.80. The van der Waals surface area contributed by atoms with Gasteiger partial charge >= 0.3 is 24.7 Å². The molecule has 0 unspecified atom stereocenters. The Labute approximate surface area is 140 Å². The van der Waals surface area contributed by atoms with E-state index in [0.717, 1.165) is 0 Å². The monoisotopic (exact) mass is 428 g/mol. The van der Waals surface area contributed by atoms with Gasteiger partial charge in [0.2, 0.25) is 0 Å². The molecule has 0 aromatic carbocycles. The van der Waals surface area contributed by atoms with Crippen LogP contribution in [0.5, 0.6) is 0 Å². The molecule has 158 valence electrons. The molecule has 27 heavy (non-hydrogen) atoms. The Balaban J connectivity index is 7.40. The largest absolute Gasteiger partial charge is 0.550 e. The lowest BCUT2D eigenvalue weighted by molar-refractivity contribution is -0.313. The van der Waals surface area contributed by atoms with Crippen LogP contribution in [0.2, 0.25) is 0 Å². The Bertz CT molecular complexity index is 545. The van der Waals surface area contributed by atoms with E-state index in [2.05, 4.69) is 0 Å². The average molecular weight is 428 g/mol. The molecular weight excluding hydrogens is 424 g/mol. The van der Waals surface area contributed by atoms with Crippen LogP contribution in [0, 0.1) is 11.8 Å². The molecule has 0 fully saturated rings. The maximum Gasteiger partial charge on any atom is 0.404 e. The third kappa shape index (κ3) is 6.50. The summed E-state index contributed by atoms with van der Waals surface area (Å²) in [5.41, 5.74) is -6.81.